The fourth-order valence-corrected chi connectivity index (χ4v) is 3.93. The number of hydrogen-bond donors (Lipinski definition) is 2. The topological polar surface area (TPSA) is 104 Å². The molecule has 3 rings (SSSR count). The first-order chi connectivity index (χ1) is 12.5. The van der Waals surface area contributed by atoms with E-state index in [9.17, 15) is 0 Å². The maximum Gasteiger partial charge on any atom is 0.414 e. The molecule has 7 nitrogen and oxygen atoms in total. The summed E-state index contributed by atoms with van der Waals surface area (Å²) in [5.41, 5.74) is 3.73. The molecule has 0 aliphatic carbocycles. The van der Waals surface area contributed by atoms with Crippen LogP contribution in [0.4, 0.5) is 0 Å². The monoisotopic (exact) mass is 393 g/mol. The summed E-state index contributed by atoms with van der Waals surface area (Å²) < 4.78 is 8.97. The number of nitrogens with zero attached hydrogens (tertiary/aromatic N) is 3. The van der Waals surface area contributed by atoms with Gasteiger partial charge in [0.15, 0.2) is 0 Å². The van der Waals surface area contributed by atoms with Crippen LogP contribution in [0.3, 0.4) is 0 Å². The number of rotatable bonds is 4. The van der Waals surface area contributed by atoms with Crippen molar-refractivity contribution < 1.29 is 19.8 Å². The highest BCUT2D eigenvalue weighted by molar-refractivity contribution is 7.98. The van der Waals surface area contributed by atoms with Crippen molar-refractivity contribution >= 4 is 41.0 Å². The zero-order valence-corrected chi connectivity index (χ0v) is 15.8. The van der Waals surface area contributed by atoms with E-state index in [1.54, 1.807) is 11.8 Å². The van der Waals surface area contributed by atoms with Gasteiger partial charge in [0.05, 0.1) is 11.7 Å². The van der Waals surface area contributed by atoms with Gasteiger partial charge in [-0.2, -0.15) is 8.75 Å². The lowest BCUT2D eigenvalue weighted by molar-refractivity contribution is -0.159. The largest absolute Gasteiger partial charge is 0.473 e. The smallest absolute Gasteiger partial charge is 0.414 e. The molecule has 2 heterocycles. The van der Waals surface area contributed by atoms with Crippen molar-refractivity contribution in [3.8, 4) is 0 Å². The second-order valence-corrected chi connectivity index (χ2v) is 7.05. The molecular formula is C17H19N3O4S2. The quantitative estimate of drug-likeness (QED) is 0.604. The Morgan fingerprint density at radius 1 is 1.19 bits per heavy atom. The molecule has 138 valence electrons. The highest BCUT2D eigenvalue weighted by Gasteiger charge is 2.17. The van der Waals surface area contributed by atoms with Crippen LogP contribution in [0, 0.1) is 0 Å². The van der Waals surface area contributed by atoms with Crippen molar-refractivity contribution in [2.24, 2.45) is 0 Å². The van der Waals surface area contributed by atoms with Crippen LogP contribution in [0.1, 0.15) is 17.7 Å². The van der Waals surface area contributed by atoms with E-state index in [1.165, 1.54) is 22.9 Å². The van der Waals surface area contributed by atoms with E-state index in [0.29, 0.717) is 0 Å². The Morgan fingerprint density at radius 2 is 1.88 bits per heavy atom. The lowest BCUT2D eigenvalue weighted by Gasteiger charge is -2.22. The van der Waals surface area contributed by atoms with Gasteiger partial charge in [0.25, 0.3) is 0 Å². The Hall–Kier alpha value is -2.23. The lowest BCUT2D eigenvalue weighted by atomic mass is 10.1. The average Bonchev–Trinajstić information content (AvgIpc) is 3.10. The Labute approximate surface area is 159 Å². The van der Waals surface area contributed by atoms with E-state index < -0.39 is 11.9 Å². The Balaban J connectivity index is 0.000000352. The first-order valence-electron chi connectivity index (χ1n) is 7.81. The molecule has 0 amide bonds. The molecule has 0 spiro atoms. The maximum atomic E-state index is 9.10. The molecule has 0 radical (unpaired) electrons. The molecule has 0 saturated carbocycles. The third kappa shape index (κ3) is 6.25. The van der Waals surface area contributed by atoms with E-state index in [4.69, 9.17) is 19.8 Å². The zero-order valence-electron chi connectivity index (χ0n) is 14.2. The lowest BCUT2D eigenvalue weighted by Crippen LogP contribution is -2.25. The maximum absolute atomic E-state index is 9.10. The van der Waals surface area contributed by atoms with Crippen LogP contribution in [0.15, 0.2) is 41.4 Å². The van der Waals surface area contributed by atoms with Crippen LogP contribution in [-0.4, -0.2) is 55.9 Å². The zero-order chi connectivity index (χ0) is 18.9. The first-order valence-corrected chi connectivity index (χ1v) is 9.52. The third-order valence-electron chi connectivity index (χ3n) is 3.51. The first kappa shape index (κ1) is 20.1. The molecule has 1 aromatic carbocycles. The van der Waals surface area contributed by atoms with Gasteiger partial charge in [-0.25, -0.2) is 9.59 Å². The Kier molecular flexibility index (Phi) is 7.76. The molecule has 0 bridgehead atoms. The van der Waals surface area contributed by atoms with Crippen molar-refractivity contribution in [2.75, 3.05) is 20.1 Å². The second-order valence-electron chi connectivity index (χ2n) is 5.56. The number of aromatic nitrogens is 2. The SMILES string of the molecule is CN1CCC=C(c2nsnc2SCc2ccccc2)C1.O=C(O)C(=O)O. The molecule has 1 aliphatic heterocycles. The average molecular weight is 393 g/mol. The summed E-state index contributed by atoms with van der Waals surface area (Å²) in [7, 11) is 2.16. The van der Waals surface area contributed by atoms with Crippen molar-refractivity contribution in [3.05, 3.63) is 47.7 Å². The summed E-state index contributed by atoms with van der Waals surface area (Å²) in [6.45, 7) is 2.11. The minimum absolute atomic E-state index is 0.947. The minimum atomic E-state index is -1.82. The van der Waals surface area contributed by atoms with Crippen LogP contribution in [0.25, 0.3) is 5.57 Å². The van der Waals surface area contributed by atoms with Crippen LogP contribution in [0.2, 0.25) is 0 Å². The molecule has 0 saturated heterocycles. The molecule has 0 atom stereocenters. The number of carboxylic acid groups (broad SMARTS) is 2. The van der Waals surface area contributed by atoms with Crippen LogP contribution in [-0.2, 0) is 15.3 Å². The fraction of sp³-hybridized carbons (Fsp3) is 0.294. The van der Waals surface area contributed by atoms with Crippen molar-refractivity contribution in [3.63, 3.8) is 0 Å². The van der Waals surface area contributed by atoms with Gasteiger partial charge in [0.1, 0.15) is 10.7 Å². The minimum Gasteiger partial charge on any atom is -0.473 e. The highest BCUT2D eigenvalue weighted by atomic mass is 32.2. The van der Waals surface area contributed by atoms with Gasteiger partial charge < -0.3 is 15.1 Å². The van der Waals surface area contributed by atoms with Gasteiger partial charge in [-0.3, -0.25) is 0 Å². The van der Waals surface area contributed by atoms with Gasteiger partial charge in [0.2, 0.25) is 0 Å². The van der Waals surface area contributed by atoms with Gasteiger partial charge in [0, 0.05) is 18.8 Å². The van der Waals surface area contributed by atoms with Gasteiger partial charge >= 0.3 is 11.9 Å². The summed E-state index contributed by atoms with van der Waals surface area (Å²) in [4.78, 5) is 20.5. The number of aliphatic carboxylic acids is 2. The molecule has 26 heavy (non-hydrogen) atoms. The number of benzene rings is 1. The summed E-state index contributed by atoms with van der Waals surface area (Å²) in [6.07, 6.45) is 3.41. The predicted octanol–water partition coefficient (Wildman–Crippen LogP) is 2.70. The molecule has 2 aromatic rings. The highest BCUT2D eigenvalue weighted by Crippen LogP contribution is 2.30. The summed E-state index contributed by atoms with van der Waals surface area (Å²) in [6, 6.07) is 10.5. The van der Waals surface area contributed by atoms with E-state index in [1.807, 2.05) is 6.07 Å². The number of carboxylic acids is 2. The van der Waals surface area contributed by atoms with Crippen LogP contribution < -0.4 is 0 Å². The molecule has 1 aliphatic rings. The van der Waals surface area contributed by atoms with Crippen molar-refractivity contribution in [2.45, 2.75) is 17.2 Å². The van der Waals surface area contributed by atoms with Gasteiger partial charge in [-0.05, 0) is 24.6 Å². The molecule has 1 aromatic heterocycles. The fourth-order valence-electron chi connectivity index (χ4n) is 2.26. The third-order valence-corrected chi connectivity index (χ3v) is 5.19. The van der Waals surface area contributed by atoms with Crippen LogP contribution >= 0.6 is 23.5 Å². The summed E-state index contributed by atoms with van der Waals surface area (Å²) in [5.74, 6) is -2.70. The van der Waals surface area contributed by atoms with Crippen molar-refractivity contribution in [1.82, 2.24) is 13.6 Å². The summed E-state index contributed by atoms with van der Waals surface area (Å²) >= 11 is 3.10. The van der Waals surface area contributed by atoms with E-state index >= 15 is 0 Å². The molecule has 0 fully saturated rings. The normalized spacial score (nSPS) is 14.1. The van der Waals surface area contributed by atoms with Gasteiger partial charge in [-0.1, -0.05) is 48.2 Å². The number of thioether (sulfide) groups is 1. The van der Waals surface area contributed by atoms with E-state index in [2.05, 4.69) is 51.0 Å². The number of hydrogen-bond acceptors (Lipinski definition) is 7. The van der Waals surface area contributed by atoms with E-state index in [0.717, 1.165) is 36.0 Å². The number of carbonyl (C=O) groups is 2. The number of likely N-dealkylation sites (N-methyl/N-ethyl adjacent to an activating group) is 1. The Morgan fingerprint density at radius 3 is 2.50 bits per heavy atom. The molecule has 2 N–H and O–H groups in total. The predicted molar refractivity (Wildman–Crippen MR) is 101 cm³/mol. The summed E-state index contributed by atoms with van der Waals surface area (Å²) in [5, 5.41) is 15.9. The second kappa shape index (κ2) is 10.0. The van der Waals surface area contributed by atoms with Gasteiger partial charge in [-0.15, -0.1) is 0 Å². The molecular weight excluding hydrogens is 374 g/mol. The van der Waals surface area contributed by atoms with E-state index in [-0.39, 0.29) is 0 Å². The Bertz CT molecular complexity index is 765. The standard InChI is InChI=1S/C15H17N3S2.C2H2O4/c1-18-9-5-8-13(10-18)14-15(17-20-16-14)19-11-12-6-3-2-4-7-12;3-1(4)2(5)6/h2-4,6-8H,5,9-11H2,1H3;(H,3,4)(H,5,6). The molecule has 0 unspecified atom stereocenters. The van der Waals surface area contributed by atoms with Crippen molar-refractivity contribution in [1.29, 1.82) is 0 Å². The molecule has 9 heteroatoms. The van der Waals surface area contributed by atoms with Crippen LogP contribution in [0.5, 0.6) is 0 Å².